The minimum atomic E-state index is 0.104. The summed E-state index contributed by atoms with van der Waals surface area (Å²) in [4.78, 5) is 10.8. The summed E-state index contributed by atoms with van der Waals surface area (Å²) in [6.45, 7) is 1.90. The SMILES string of the molecule is CCC1=NN=CCC1=O. The number of rotatable bonds is 1. The van der Waals surface area contributed by atoms with Crippen molar-refractivity contribution in [3.8, 4) is 0 Å². The second-order valence-electron chi connectivity index (χ2n) is 1.83. The molecule has 48 valence electrons. The molecule has 0 amide bonds. The van der Waals surface area contributed by atoms with Gasteiger partial charge in [-0.05, 0) is 6.42 Å². The van der Waals surface area contributed by atoms with Crippen molar-refractivity contribution >= 4 is 17.7 Å². The highest BCUT2D eigenvalue weighted by Crippen LogP contribution is 1.97. The molecule has 0 unspecified atom stereocenters. The highest BCUT2D eigenvalue weighted by molar-refractivity contribution is 6.42. The van der Waals surface area contributed by atoms with Gasteiger partial charge in [-0.15, -0.1) is 0 Å². The molecule has 0 aromatic heterocycles. The summed E-state index contributed by atoms with van der Waals surface area (Å²) in [5.74, 6) is 0.104. The molecule has 0 N–H and O–H groups in total. The van der Waals surface area contributed by atoms with E-state index >= 15 is 0 Å². The van der Waals surface area contributed by atoms with E-state index in [1.807, 2.05) is 6.92 Å². The third kappa shape index (κ3) is 1.22. The molecule has 0 saturated carbocycles. The van der Waals surface area contributed by atoms with E-state index in [1.54, 1.807) is 0 Å². The molecule has 0 fully saturated rings. The summed E-state index contributed by atoms with van der Waals surface area (Å²) in [6, 6.07) is 0. The van der Waals surface area contributed by atoms with E-state index in [9.17, 15) is 4.79 Å². The zero-order valence-corrected chi connectivity index (χ0v) is 5.29. The summed E-state index contributed by atoms with van der Waals surface area (Å²) in [5, 5.41) is 7.29. The molecule has 3 nitrogen and oxygen atoms in total. The van der Waals surface area contributed by atoms with Crippen LogP contribution in [0.2, 0.25) is 0 Å². The lowest BCUT2D eigenvalue weighted by Gasteiger charge is -1.99. The van der Waals surface area contributed by atoms with E-state index in [1.165, 1.54) is 6.21 Å². The van der Waals surface area contributed by atoms with E-state index < -0.39 is 0 Å². The zero-order valence-electron chi connectivity index (χ0n) is 5.29. The van der Waals surface area contributed by atoms with Crippen molar-refractivity contribution in [2.75, 3.05) is 0 Å². The Morgan fingerprint density at radius 3 is 3.00 bits per heavy atom. The van der Waals surface area contributed by atoms with Crippen LogP contribution in [0, 0.1) is 0 Å². The molecule has 0 aromatic rings. The molecule has 3 heteroatoms. The second kappa shape index (κ2) is 2.53. The lowest BCUT2D eigenvalue weighted by Crippen LogP contribution is -2.15. The van der Waals surface area contributed by atoms with Crippen molar-refractivity contribution in [3.63, 3.8) is 0 Å². The van der Waals surface area contributed by atoms with Gasteiger partial charge in [0.2, 0.25) is 0 Å². The van der Waals surface area contributed by atoms with Gasteiger partial charge < -0.3 is 0 Å². The Bertz CT molecular complexity index is 181. The predicted octanol–water partition coefficient (Wildman–Crippen LogP) is 0.796. The number of nitrogens with zero attached hydrogens (tertiary/aromatic N) is 2. The fourth-order valence-electron chi connectivity index (χ4n) is 0.676. The van der Waals surface area contributed by atoms with Gasteiger partial charge in [0.1, 0.15) is 5.71 Å². The van der Waals surface area contributed by atoms with Gasteiger partial charge in [-0.3, -0.25) is 4.79 Å². The van der Waals surface area contributed by atoms with Crippen LogP contribution in [0.25, 0.3) is 0 Å². The van der Waals surface area contributed by atoms with Gasteiger partial charge >= 0.3 is 0 Å². The largest absolute Gasteiger partial charge is 0.292 e. The summed E-state index contributed by atoms with van der Waals surface area (Å²) < 4.78 is 0. The molecule has 0 saturated heterocycles. The minimum Gasteiger partial charge on any atom is -0.292 e. The van der Waals surface area contributed by atoms with Crippen molar-refractivity contribution in [2.24, 2.45) is 10.2 Å². The Balaban J connectivity index is 2.74. The van der Waals surface area contributed by atoms with E-state index in [-0.39, 0.29) is 5.78 Å². The summed E-state index contributed by atoms with van der Waals surface area (Å²) in [5.41, 5.74) is 0.595. The normalized spacial score (nSPS) is 17.9. The monoisotopic (exact) mass is 124 g/mol. The maximum Gasteiger partial charge on any atom is 0.184 e. The molecule has 0 spiro atoms. The van der Waals surface area contributed by atoms with Crippen LogP contribution in [-0.4, -0.2) is 17.7 Å². The van der Waals surface area contributed by atoms with E-state index in [4.69, 9.17) is 0 Å². The first-order valence-electron chi connectivity index (χ1n) is 2.96. The van der Waals surface area contributed by atoms with Crippen molar-refractivity contribution < 1.29 is 4.79 Å². The molecule has 0 bridgehead atoms. The molecule has 0 atom stereocenters. The highest BCUT2D eigenvalue weighted by atomic mass is 16.1. The van der Waals surface area contributed by atoms with Crippen LogP contribution < -0.4 is 0 Å². The Hall–Kier alpha value is -0.990. The third-order valence-electron chi connectivity index (χ3n) is 1.19. The van der Waals surface area contributed by atoms with Crippen LogP contribution in [0.3, 0.4) is 0 Å². The molecule has 0 aliphatic carbocycles. The Kier molecular flexibility index (Phi) is 1.72. The quantitative estimate of drug-likeness (QED) is 0.509. The molecule has 1 aliphatic heterocycles. The van der Waals surface area contributed by atoms with Crippen molar-refractivity contribution in [1.82, 2.24) is 0 Å². The van der Waals surface area contributed by atoms with Crippen LogP contribution in [0.5, 0.6) is 0 Å². The van der Waals surface area contributed by atoms with Gasteiger partial charge in [0.15, 0.2) is 5.78 Å². The molecular weight excluding hydrogens is 116 g/mol. The van der Waals surface area contributed by atoms with Crippen molar-refractivity contribution in [1.29, 1.82) is 0 Å². The zero-order chi connectivity index (χ0) is 6.69. The summed E-state index contributed by atoms with van der Waals surface area (Å²) >= 11 is 0. The predicted molar refractivity (Wildman–Crippen MR) is 35.8 cm³/mol. The van der Waals surface area contributed by atoms with Gasteiger partial charge in [0, 0.05) is 12.6 Å². The number of Topliss-reactive ketones (excluding diaryl/α,β-unsaturated/α-hetero) is 1. The minimum absolute atomic E-state index is 0.104. The smallest absolute Gasteiger partial charge is 0.184 e. The van der Waals surface area contributed by atoms with Gasteiger partial charge in [0.25, 0.3) is 0 Å². The lowest BCUT2D eigenvalue weighted by molar-refractivity contribution is -0.112. The molecule has 0 aromatic carbocycles. The standard InChI is InChI=1S/C6H8N2O/c1-2-5-6(9)3-4-7-8-5/h4H,2-3H2,1H3. The summed E-state index contributed by atoms with van der Waals surface area (Å²) in [7, 11) is 0. The van der Waals surface area contributed by atoms with E-state index in [2.05, 4.69) is 10.2 Å². The Morgan fingerprint density at radius 1 is 1.78 bits per heavy atom. The Labute approximate surface area is 53.5 Å². The molecule has 1 heterocycles. The first-order chi connectivity index (χ1) is 4.34. The number of carbonyl (C=O) groups is 1. The van der Waals surface area contributed by atoms with Gasteiger partial charge in [-0.25, -0.2) is 0 Å². The maximum absolute atomic E-state index is 10.8. The van der Waals surface area contributed by atoms with Crippen LogP contribution >= 0.6 is 0 Å². The first-order valence-corrected chi connectivity index (χ1v) is 2.96. The van der Waals surface area contributed by atoms with Crippen LogP contribution in [0.1, 0.15) is 19.8 Å². The van der Waals surface area contributed by atoms with E-state index in [0.29, 0.717) is 18.6 Å². The summed E-state index contributed by atoms with van der Waals surface area (Å²) in [6.07, 6.45) is 2.64. The van der Waals surface area contributed by atoms with Gasteiger partial charge in [0.05, 0.1) is 0 Å². The van der Waals surface area contributed by atoms with Gasteiger partial charge in [-0.1, -0.05) is 6.92 Å². The number of ketones is 1. The van der Waals surface area contributed by atoms with E-state index in [0.717, 1.165) is 0 Å². The third-order valence-corrected chi connectivity index (χ3v) is 1.19. The van der Waals surface area contributed by atoms with Crippen LogP contribution in [0.4, 0.5) is 0 Å². The first kappa shape index (κ1) is 6.13. The number of hydrogen-bond donors (Lipinski definition) is 0. The second-order valence-corrected chi connectivity index (χ2v) is 1.83. The fraction of sp³-hybridized carbons (Fsp3) is 0.500. The van der Waals surface area contributed by atoms with Crippen molar-refractivity contribution in [2.45, 2.75) is 19.8 Å². The Morgan fingerprint density at radius 2 is 2.56 bits per heavy atom. The molecule has 1 aliphatic rings. The fourth-order valence-corrected chi connectivity index (χ4v) is 0.676. The highest BCUT2D eigenvalue weighted by Gasteiger charge is 2.09. The number of carbonyl (C=O) groups excluding carboxylic acids is 1. The van der Waals surface area contributed by atoms with Gasteiger partial charge in [-0.2, -0.15) is 10.2 Å². The average Bonchev–Trinajstić information content (AvgIpc) is 1.89. The molecular formula is C6H8N2O. The van der Waals surface area contributed by atoms with Crippen LogP contribution in [0.15, 0.2) is 10.2 Å². The topological polar surface area (TPSA) is 41.8 Å². The van der Waals surface area contributed by atoms with Crippen molar-refractivity contribution in [3.05, 3.63) is 0 Å². The number of hydrogen-bond acceptors (Lipinski definition) is 3. The molecule has 0 radical (unpaired) electrons. The lowest BCUT2D eigenvalue weighted by atomic mass is 10.1. The maximum atomic E-state index is 10.8. The average molecular weight is 124 g/mol. The van der Waals surface area contributed by atoms with Crippen LogP contribution in [-0.2, 0) is 4.79 Å². The molecule has 9 heavy (non-hydrogen) atoms. The molecule has 1 rings (SSSR count).